The minimum atomic E-state index is -0.514. The lowest BCUT2D eigenvalue weighted by molar-refractivity contribution is -0.104. The molecule has 1 saturated heterocycles. The zero-order valence-electron chi connectivity index (χ0n) is 10.2. The molecule has 3 rings (SSSR count). The summed E-state index contributed by atoms with van der Waals surface area (Å²) in [6, 6.07) is 3.92. The van der Waals surface area contributed by atoms with Gasteiger partial charge in [0.25, 0.3) is 5.89 Å². The fraction of sp³-hybridized carbons (Fsp3) is 0.500. The highest BCUT2D eigenvalue weighted by Gasteiger charge is 2.39. The van der Waals surface area contributed by atoms with E-state index in [-0.39, 0.29) is 0 Å². The van der Waals surface area contributed by atoms with Crippen LogP contribution in [-0.2, 0) is 6.54 Å². The molecule has 0 amide bonds. The van der Waals surface area contributed by atoms with Gasteiger partial charge in [-0.05, 0) is 17.9 Å². The first-order valence-electron chi connectivity index (χ1n) is 6.00. The molecule has 6 heteroatoms. The van der Waals surface area contributed by atoms with E-state index in [1.807, 2.05) is 24.4 Å². The minimum Gasteiger partial charge on any atom is -0.387 e. The van der Waals surface area contributed by atoms with Crippen LogP contribution in [0.15, 0.2) is 22.0 Å². The summed E-state index contributed by atoms with van der Waals surface area (Å²) in [7, 11) is 0. The van der Waals surface area contributed by atoms with Gasteiger partial charge in [-0.2, -0.15) is 4.98 Å². The zero-order valence-corrected chi connectivity index (χ0v) is 11.0. The average molecular weight is 265 g/mol. The van der Waals surface area contributed by atoms with Gasteiger partial charge in [-0.15, -0.1) is 11.3 Å². The maximum Gasteiger partial charge on any atom is 0.268 e. The molecular formula is C12H15N3O2S. The quantitative estimate of drug-likeness (QED) is 0.912. The van der Waals surface area contributed by atoms with E-state index < -0.39 is 5.60 Å². The SMILES string of the molecule is CCC1(O)CN(Cc2noc(-c3cccs3)n2)C1. The number of nitrogens with zero attached hydrogens (tertiary/aromatic N) is 3. The molecule has 96 valence electrons. The number of thiophene rings is 1. The van der Waals surface area contributed by atoms with Gasteiger partial charge in [-0.1, -0.05) is 18.1 Å². The van der Waals surface area contributed by atoms with E-state index in [1.165, 1.54) is 0 Å². The number of aliphatic hydroxyl groups is 1. The van der Waals surface area contributed by atoms with Gasteiger partial charge in [0.05, 0.1) is 17.0 Å². The van der Waals surface area contributed by atoms with Crippen LogP contribution in [0.5, 0.6) is 0 Å². The molecule has 3 heterocycles. The Bertz CT molecular complexity index is 517. The van der Waals surface area contributed by atoms with Gasteiger partial charge in [0.2, 0.25) is 0 Å². The van der Waals surface area contributed by atoms with Gasteiger partial charge in [0.1, 0.15) is 0 Å². The van der Waals surface area contributed by atoms with Crippen molar-refractivity contribution in [1.82, 2.24) is 15.0 Å². The van der Waals surface area contributed by atoms with Crippen LogP contribution in [0.25, 0.3) is 10.8 Å². The van der Waals surface area contributed by atoms with Crippen LogP contribution < -0.4 is 0 Å². The molecule has 0 unspecified atom stereocenters. The van der Waals surface area contributed by atoms with E-state index >= 15 is 0 Å². The molecular weight excluding hydrogens is 250 g/mol. The first-order valence-corrected chi connectivity index (χ1v) is 6.88. The van der Waals surface area contributed by atoms with E-state index in [9.17, 15) is 5.11 Å². The van der Waals surface area contributed by atoms with Crippen molar-refractivity contribution < 1.29 is 9.63 Å². The fourth-order valence-electron chi connectivity index (χ4n) is 2.14. The van der Waals surface area contributed by atoms with Crippen LogP contribution in [-0.4, -0.2) is 38.8 Å². The second-order valence-electron chi connectivity index (χ2n) is 4.72. The first-order chi connectivity index (χ1) is 8.68. The number of β-amino-alcohol motifs (C(OH)–C–C–N with tert-alkyl or cyclic N) is 1. The summed E-state index contributed by atoms with van der Waals surface area (Å²) in [5, 5.41) is 15.9. The summed E-state index contributed by atoms with van der Waals surface area (Å²) in [6.07, 6.45) is 0.788. The summed E-state index contributed by atoms with van der Waals surface area (Å²) in [5.74, 6) is 1.25. The lowest BCUT2D eigenvalue weighted by Gasteiger charge is -2.45. The van der Waals surface area contributed by atoms with Crippen LogP contribution in [0.3, 0.4) is 0 Å². The summed E-state index contributed by atoms with van der Waals surface area (Å²) in [5.41, 5.74) is -0.514. The molecule has 18 heavy (non-hydrogen) atoms. The van der Waals surface area contributed by atoms with E-state index in [2.05, 4.69) is 15.0 Å². The summed E-state index contributed by atoms with van der Waals surface area (Å²) >= 11 is 1.58. The summed E-state index contributed by atoms with van der Waals surface area (Å²) in [4.78, 5) is 7.46. The highest BCUT2D eigenvalue weighted by molar-refractivity contribution is 7.13. The van der Waals surface area contributed by atoms with Crippen LogP contribution in [0, 0.1) is 0 Å². The molecule has 0 radical (unpaired) electrons. The Kier molecular flexibility index (Phi) is 2.93. The van der Waals surface area contributed by atoms with E-state index in [0.717, 1.165) is 11.3 Å². The van der Waals surface area contributed by atoms with Crippen molar-refractivity contribution in [2.75, 3.05) is 13.1 Å². The van der Waals surface area contributed by atoms with Crippen molar-refractivity contribution in [2.45, 2.75) is 25.5 Å². The molecule has 5 nitrogen and oxygen atoms in total. The Morgan fingerprint density at radius 2 is 2.39 bits per heavy atom. The molecule has 2 aromatic heterocycles. The highest BCUT2D eigenvalue weighted by Crippen LogP contribution is 2.26. The molecule has 1 fully saturated rings. The van der Waals surface area contributed by atoms with Crippen LogP contribution in [0.1, 0.15) is 19.2 Å². The Hall–Kier alpha value is -1.24. The van der Waals surface area contributed by atoms with Gasteiger partial charge in [0.15, 0.2) is 5.82 Å². The predicted molar refractivity (Wildman–Crippen MR) is 68.1 cm³/mol. The second kappa shape index (κ2) is 4.46. The number of likely N-dealkylation sites (tertiary alicyclic amines) is 1. The standard InChI is InChI=1S/C12H15N3O2S/c1-2-12(16)7-15(8-12)6-10-13-11(17-14-10)9-4-3-5-18-9/h3-5,16H,2,6-8H2,1H3. The van der Waals surface area contributed by atoms with E-state index in [1.54, 1.807) is 11.3 Å². The first kappa shape index (κ1) is 11.8. The maximum absolute atomic E-state index is 9.92. The molecule has 0 bridgehead atoms. The third-order valence-electron chi connectivity index (χ3n) is 3.26. The molecule has 2 aromatic rings. The van der Waals surface area contributed by atoms with Crippen molar-refractivity contribution in [3.63, 3.8) is 0 Å². The maximum atomic E-state index is 9.92. The van der Waals surface area contributed by atoms with Gasteiger partial charge < -0.3 is 9.63 Å². The Balaban J connectivity index is 1.62. The molecule has 0 saturated carbocycles. The Labute approximate surface area is 109 Å². The smallest absolute Gasteiger partial charge is 0.268 e. The van der Waals surface area contributed by atoms with Gasteiger partial charge in [-0.3, -0.25) is 4.90 Å². The largest absolute Gasteiger partial charge is 0.387 e. The molecule has 1 aliphatic rings. The molecule has 1 N–H and O–H groups in total. The Morgan fingerprint density at radius 1 is 1.56 bits per heavy atom. The van der Waals surface area contributed by atoms with E-state index in [0.29, 0.717) is 31.3 Å². The molecule has 0 aromatic carbocycles. The van der Waals surface area contributed by atoms with Crippen molar-refractivity contribution in [1.29, 1.82) is 0 Å². The average Bonchev–Trinajstić information content (AvgIpc) is 2.96. The van der Waals surface area contributed by atoms with Gasteiger partial charge >= 0.3 is 0 Å². The molecule has 0 aliphatic carbocycles. The summed E-state index contributed by atoms with van der Waals surface area (Å²) in [6.45, 7) is 4.01. The Morgan fingerprint density at radius 3 is 3.06 bits per heavy atom. The third-order valence-corrected chi connectivity index (χ3v) is 4.12. The molecule has 0 spiro atoms. The van der Waals surface area contributed by atoms with Crippen molar-refractivity contribution in [3.05, 3.63) is 23.3 Å². The van der Waals surface area contributed by atoms with Crippen LogP contribution in [0.4, 0.5) is 0 Å². The monoisotopic (exact) mass is 265 g/mol. The van der Waals surface area contributed by atoms with Crippen molar-refractivity contribution >= 4 is 11.3 Å². The highest BCUT2D eigenvalue weighted by atomic mass is 32.1. The molecule has 1 aliphatic heterocycles. The van der Waals surface area contributed by atoms with Crippen LogP contribution >= 0.6 is 11.3 Å². The summed E-state index contributed by atoms with van der Waals surface area (Å²) < 4.78 is 5.22. The van der Waals surface area contributed by atoms with E-state index in [4.69, 9.17) is 4.52 Å². The number of hydrogen-bond acceptors (Lipinski definition) is 6. The lowest BCUT2D eigenvalue weighted by Crippen LogP contribution is -2.60. The predicted octanol–water partition coefficient (Wildman–Crippen LogP) is 1.75. The number of hydrogen-bond donors (Lipinski definition) is 1. The fourth-order valence-corrected chi connectivity index (χ4v) is 2.78. The van der Waals surface area contributed by atoms with Crippen molar-refractivity contribution in [2.24, 2.45) is 0 Å². The topological polar surface area (TPSA) is 62.4 Å². The van der Waals surface area contributed by atoms with Crippen molar-refractivity contribution in [3.8, 4) is 10.8 Å². The lowest BCUT2D eigenvalue weighted by atomic mass is 9.91. The third kappa shape index (κ3) is 2.19. The van der Waals surface area contributed by atoms with Crippen LogP contribution in [0.2, 0.25) is 0 Å². The minimum absolute atomic E-state index is 0.514. The number of aromatic nitrogens is 2. The number of rotatable bonds is 4. The normalized spacial score (nSPS) is 18.8. The van der Waals surface area contributed by atoms with Gasteiger partial charge in [0, 0.05) is 13.1 Å². The van der Waals surface area contributed by atoms with Gasteiger partial charge in [-0.25, -0.2) is 0 Å². The molecule has 0 atom stereocenters. The second-order valence-corrected chi connectivity index (χ2v) is 5.66. The zero-order chi connectivity index (χ0) is 12.6.